The van der Waals surface area contributed by atoms with Gasteiger partial charge in [-0.3, -0.25) is 9.59 Å². The molecule has 1 aromatic rings. The molecule has 0 unspecified atom stereocenters. The molecule has 0 fully saturated rings. The molecule has 1 aromatic carbocycles. The summed E-state index contributed by atoms with van der Waals surface area (Å²) in [6.45, 7) is 3.50. The monoisotopic (exact) mass is 214 g/mol. The Bertz CT molecular complexity index is 524. The number of carbonyl (C=O) groups excluding carboxylic acids is 2. The van der Waals surface area contributed by atoms with E-state index in [1.807, 2.05) is 0 Å². The summed E-state index contributed by atoms with van der Waals surface area (Å²) < 4.78 is 0. The maximum Gasteiger partial charge on any atom is 0.234 e. The summed E-state index contributed by atoms with van der Waals surface area (Å²) in [5.74, 6) is -1.32. The lowest BCUT2D eigenvalue weighted by Gasteiger charge is -2.16. The second-order valence-corrected chi connectivity index (χ2v) is 3.52. The minimum Gasteiger partial charge on any atom is -0.507 e. The molecule has 0 aliphatic heterocycles. The van der Waals surface area contributed by atoms with Crippen LogP contribution < -0.4 is 0 Å². The van der Waals surface area contributed by atoms with E-state index < -0.39 is 11.6 Å². The van der Waals surface area contributed by atoms with Gasteiger partial charge in [0, 0.05) is 16.7 Å². The SMILES string of the molecule is C=CCC1=C(O)c2ccccc2C(=O)C1=O. The quantitative estimate of drug-likeness (QED) is 0.607. The average Bonchev–Trinajstić information content (AvgIpc) is 2.32. The first-order chi connectivity index (χ1) is 7.66. The van der Waals surface area contributed by atoms with Crippen LogP contribution in [0.25, 0.3) is 5.76 Å². The predicted molar refractivity (Wildman–Crippen MR) is 60.1 cm³/mol. The maximum atomic E-state index is 11.7. The number of hydrogen-bond acceptors (Lipinski definition) is 3. The molecule has 0 atom stereocenters. The van der Waals surface area contributed by atoms with Crippen LogP contribution in [-0.4, -0.2) is 16.7 Å². The third-order valence-electron chi connectivity index (χ3n) is 2.54. The van der Waals surface area contributed by atoms with Crippen molar-refractivity contribution in [3.8, 4) is 0 Å². The Kier molecular flexibility index (Phi) is 2.44. The van der Waals surface area contributed by atoms with Crippen LogP contribution in [0.3, 0.4) is 0 Å². The number of carbonyl (C=O) groups is 2. The van der Waals surface area contributed by atoms with Gasteiger partial charge in [0.15, 0.2) is 0 Å². The largest absolute Gasteiger partial charge is 0.507 e. The molecule has 0 bridgehead atoms. The molecule has 0 amide bonds. The molecule has 0 spiro atoms. The highest BCUT2D eigenvalue weighted by Crippen LogP contribution is 2.29. The number of aliphatic hydroxyl groups excluding tert-OH is 1. The molecule has 3 heteroatoms. The van der Waals surface area contributed by atoms with Crippen LogP contribution in [0.1, 0.15) is 22.3 Å². The number of ketones is 2. The van der Waals surface area contributed by atoms with Crippen molar-refractivity contribution >= 4 is 17.3 Å². The summed E-state index contributed by atoms with van der Waals surface area (Å²) >= 11 is 0. The predicted octanol–water partition coefficient (Wildman–Crippen LogP) is 2.30. The number of fused-ring (bicyclic) bond motifs is 1. The Hall–Kier alpha value is -2.16. The normalized spacial score (nSPS) is 15.0. The standard InChI is InChI=1S/C13H10O3/c1-2-5-10-11(14)8-6-3-4-7-9(8)12(15)13(10)16/h2-4,6-7,14H,1,5H2. The van der Waals surface area contributed by atoms with Gasteiger partial charge in [-0.25, -0.2) is 0 Å². The fourth-order valence-corrected chi connectivity index (χ4v) is 1.75. The molecule has 2 rings (SSSR count). The van der Waals surface area contributed by atoms with Gasteiger partial charge < -0.3 is 5.11 Å². The summed E-state index contributed by atoms with van der Waals surface area (Å²) in [6.07, 6.45) is 1.69. The van der Waals surface area contributed by atoms with Crippen LogP contribution in [-0.2, 0) is 4.79 Å². The van der Waals surface area contributed by atoms with Gasteiger partial charge in [0.2, 0.25) is 11.6 Å². The maximum absolute atomic E-state index is 11.7. The van der Waals surface area contributed by atoms with Gasteiger partial charge in [-0.2, -0.15) is 0 Å². The van der Waals surface area contributed by atoms with Crippen molar-refractivity contribution in [1.29, 1.82) is 0 Å². The number of benzene rings is 1. The third kappa shape index (κ3) is 1.37. The van der Waals surface area contributed by atoms with Gasteiger partial charge >= 0.3 is 0 Å². The fraction of sp³-hybridized carbons (Fsp3) is 0.0769. The number of aliphatic hydroxyl groups is 1. The van der Waals surface area contributed by atoms with Crippen molar-refractivity contribution in [2.75, 3.05) is 0 Å². The zero-order valence-electron chi connectivity index (χ0n) is 8.56. The zero-order chi connectivity index (χ0) is 11.7. The van der Waals surface area contributed by atoms with Gasteiger partial charge in [-0.15, -0.1) is 6.58 Å². The number of allylic oxidation sites excluding steroid dienone is 2. The number of Topliss-reactive ketones (excluding diaryl/α,β-unsaturated/α-hetero) is 2. The van der Waals surface area contributed by atoms with Crippen LogP contribution in [0.2, 0.25) is 0 Å². The smallest absolute Gasteiger partial charge is 0.234 e. The highest BCUT2D eigenvalue weighted by molar-refractivity contribution is 6.52. The Morgan fingerprint density at radius 2 is 1.75 bits per heavy atom. The molecule has 0 saturated heterocycles. The van der Waals surface area contributed by atoms with E-state index in [0.29, 0.717) is 5.56 Å². The first-order valence-corrected chi connectivity index (χ1v) is 4.88. The molecular formula is C13H10O3. The summed E-state index contributed by atoms with van der Waals surface area (Å²) in [5, 5.41) is 9.90. The van der Waals surface area contributed by atoms with E-state index in [4.69, 9.17) is 0 Å². The second kappa shape index (κ2) is 3.77. The summed E-state index contributed by atoms with van der Waals surface area (Å²) in [5.41, 5.74) is 0.806. The lowest BCUT2D eigenvalue weighted by atomic mass is 9.87. The van der Waals surface area contributed by atoms with Crippen LogP contribution in [0, 0.1) is 0 Å². The lowest BCUT2D eigenvalue weighted by Crippen LogP contribution is -2.23. The molecule has 3 nitrogen and oxygen atoms in total. The highest BCUT2D eigenvalue weighted by Gasteiger charge is 2.31. The van der Waals surface area contributed by atoms with E-state index in [-0.39, 0.29) is 23.3 Å². The number of rotatable bonds is 2. The van der Waals surface area contributed by atoms with Crippen LogP contribution in [0.15, 0.2) is 42.5 Å². The Morgan fingerprint density at radius 3 is 2.38 bits per heavy atom. The van der Waals surface area contributed by atoms with Gasteiger partial charge in [0.05, 0.1) is 0 Å². The van der Waals surface area contributed by atoms with E-state index in [0.717, 1.165) is 0 Å². The molecular weight excluding hydrogens is 204 g/mol. The van der Waals surface area contributed by atoms with Crippen molar-refractivity contribution in [1.82, 2.24) is 0 Å². The van der Waals surface area contributed by atoms with Crippen LogP contribution >= 0.6 is 0 Å². The second-order valence-electron chi connectivity index (χ2n) is 3.52. The van der Waals surface area contributed by atoms with E-state index in [1.165, 1.54) is 12.1 Å². The summed E-state index contributed by atoms with van der Waals surface area (Å²) in [6, 6.07) is 6.54. The first-order valence-electron chi connectivity index (χ1n) is 4.88. The molecule has 0 aromatic heterocycles. The fourth-order valence-electron chi connectivity index (χ4n) is 1.75. The Balaban J connectivity index is 2.68. The molecule has 80 valence electrons. The molecule has 1 aliphatic carbocycles. The van der Waals surface area contributed by atoms with Crippen molar-refractivity contribution < 1.29 is 14.7 Å². The first kappa shape index (κ1) is 10.4. The third-order valence-corrected chi connectivity index (χ3v) is 2.54. The molecule has 0 radical (unpaired) electrons. The summed E-state index contributed by atoms with van der Waals surface area (Å²) in [4.78, 5) is 23.4. The molecule has 0 saturated carbocycles. The van der Waals surface area contributed by atoms with Gasteiger partial charge in [0.25, 0.3) is 0 Å². The van der Waals surface area contributed by atoms with Crippen molar-refractivity contribution in [2.45, 2.75) is 6.42 Å². The van der Waals surface area contributed by atoms with Gasteiger partial charge in [0.1, 0.15) is 5.76 Å². The van der Waals surface area contributed by atoms with Crippen LogP contribution in [0.4, 0.5) is 0 Å². The van der Waals surface area contributed by atoms with Crippen LogP contribution in [0.5, 0.6) is 0 Å². The van der Waals surface area contributed by atoms with Gasteiger partial charge in [-0.1, -0.05) is 30.3 Å². The zero-order valence-corrected chi connectivity index (χ0v) is 8.56. The molecule has 16 heavy (non-hydrogen) atoms. The highest BCUT2D eigenvalue weighted by atomic mass is 16.3. The minimum atomic E-state index is -0.642. The molecule has 1 aliphatic rings. The molecule has 0 heterocycles. The van der Waals surface area contributed by atoms with Crippen molar-refractivity contribution in [3.05, 3.63) is 53.6 Å². The number of hydrogen-bond donors (Lipinski definition) is 1. The average molecular weight is 214 g/mol. The van der Waals surface area contributed by atoms with Crippen molar-refractivity contribution in [2.24, 2.45) is 0 Å². The van der Waals surface area contributed by atoms with E-state index in [2.05, 4.69) is 6.58 Å². The Morgan fingerprint density at radius 1 is 1.12 bits per heavy atom. The summed E-state index contributed by atoms with van der Waals surface area (Å²) in [7, 11) is 0. The lowest BCUT2D eigenvalue weighted by molar-refractivity contribution is -0.112. The Labute approximate surface area is 92.7 Å². The van der Waals surface area contributed by atoms with E-state index >= 15 is 0 Å². The van der Waals surface area contributed by atoms with Gasteiger partial charge in [-0.05, 0) is 6.42 Å². The van der Waals surface area contributed by atoms with E-state index in [1.54, 1.807) is 18.2 Å². The van der Waals surface area contributed by atoms with Crippen molar-refractivity contribution in [3.63, 3.8) is 0 Å². The minimum absolute atomic E-state index is 0.111. The topological polar surface area (TPSA) is 54.4 Å². The molecule has 1 N–H and O–H groups in total. The van der Waals surface area contributed by atoms with E-state index in [9.17, 15) is 14.7 Å².